The largest absolute Gasteiger partial charge is 0.359 e. The van der Waals surface area contributed by atoms with Crippen molar-refractivity contribution in [3.05, 3.63) is 0 Å². The van der Waals surface area contributed by atoms with Crippen molar-refractivity contribution < 1.29 is 4.74 Å². The minimum atomic E-state index is -0.0961. The molecule has 2 heteroatoms. The normalized spacial score (nSPS) is 31.6. The fourth-order valence-corrected chi connectivity index (χ4v) is 2.04. The third kappa shape index (κ3) is 1.75. The summed E-state index contributed by atoms with van der Waals surface area (Å²) in [5, 5.41) is 0. The maximum atomic E-state index is 5.90. The van der Waals surface area contributed by atoms with Crippen LogP contribution in [0.3, 0.4) is 0 Å². The molecule has 1 atom stereocenters. The second-order valence-electron chi connectivity index (χ2n) is 5.37. The summed E-state index contributed by atoms with van der Waals surface area (Å²) >= 11 is 0. The Morgan fingerprint density at radius 3 is 2.15 bits per heavy atom. The van der Waals surface area contributed by atoms with E-state index in [0.717, 1.165) is 13.2 Å². The van der Waals surface area contributed by atoms with Crippen molar-refractivity contribution in [2.75, 3.05) is 13.2 Å². The molecule has 0 saturated carbocycles. The molecule has 0 N–H and O–H groups in total. The van der Waals surface area contributed by atoms with Crippen molar-refractivity contribution in [3.8, 4) is 0 Å². The maximum Gasteiger partial charge on any atom is 0.124 e. The summed E-state index contributed by atoms with van der Waals surface area (Å²) in [6.45, 7) is 15.3. The highest BCUT2D eigenvalue weighted by Crippen LogP contribution is 2.40. The Labute approximate surface area is 82.3 Å². The standard InChI is InChI=1S/C11H23NO/c1-9(2)12-7-8-13-11(12,6)10(3,4)5/h9H,7-8H2,1-6H3. The Hall–Kier alpha value is -0.0800. The van der Waals surface area contributed by atoms with E-state index in [9.17, 15) is 0 Å². The predicted molar refractivity (Wildman–Crippen MR) is 55.7 cm³/mol. The van der Waals surface area contributed by atoms with E-state index in [4.69, 9.17) is 4.74 Å². The summed E-state index contributed by atoms with van der Waals surface area (Å²) in [6.07, 6.45) is 0. The van der Waals surface area contributed by atoms with Gasteiger partial charge in [0.25, 0.3) is 0 Å². The monoisotopic (exact) mass is 185 g/mol. The van der Waals surface area contributed by atoms with Crippen LogP contribution in [-0.2, 0) is 4.74 Å². The Morgan fingerprint density at radius 1 is 1.31 bits per heavy atom. The van der Waals surface area contributed by atoms with Gasteiger partial charge in [-0.2, -0.15) is 0 Å². The van der Waals surface area contributed by atoms with Crippen LogP contribution >= 0.6 is 0 Å². The number of rotatable bonds is 1. The van der Waals surface area contributed by atoms with E-state index in [1.54, 1.807) is 0 Å². The zero-order valence-corrected chi connectivity index (χ0v) is 9.85. The molecule has 0 aromatic heterocycles. The average Bonchev–Trinajstić information content (AvgIpc) is 2.30. The van der Waals surface area contributed by atoms with Gasteiger partial charge in [-0.15, -0.1) is 0 Å². The zero-order valence-electron chi connectivity index (χ0n) is 9.85. The Morgan fingerprint density at radius 2 is 1.85 bits per heavy atom. The molecule has 1 unspecified atom stereocenters. The molecule has 0 aliphatic carbocycles. The van der Waals surface area contributed by atoms with Crippen LogP contribution in [-0.4, -0.2) is 29.8 Å². The summed E-state index contributed by atoms with van der Waals surface area (Å²) in [5.41, 5.74) is 0.0783. The summed E-state index contributed by atoms with van der Waals surface area (Å²) in [5.74, 6) is 0. The van der Waals surface area contributed by atoms with Crippen LogP contribution in [0.4, 0.5) is 0 Å². The highest BCUT2D eigenvalue weighted by Gasteiger charge is 2.47. The fourth-order valence-electron chi connectivity index (χ4n) is 2.04. The van der Waals surface area contributed by atoms with Gasteiger partial charge in [0.15, 0.2) is 0 Å². The van der Waals surface area contributed by atoms with Gasteiger partial charge in [0.05, 0.1) is 6.61 Å². The van der Waals surface area contributed by atoms with E-state index in [1.165, 1.54) is 0 Å². The lowest BCUT2D eigenvalue weighted by Crippen LogP contribution is -2.54. The highest BCUT2D eigenvalue weighted by atomic mass is 16.5. The van der Waals surface area contributed by atoms with E-state index in [1.807, 2.05) is 0 Å². The van der Waals surface area contributed by atoms with Crippen LogP contribution in [0, 0.1) is 5.41 Å². The summed E-state index contributed by atoms with van der Waals surface area (Å²) in [6, 6.07) is 0.562. The lowest BCUT2D eigenvalue weighted by Gasteiger charge is -2.45. The fraction of sp³-hybridized carbons (Fsp3) is 1.00. The van der Waals surface area contributed by atoms with Crippen LogP contribution in [0.25, 0.3) is 0 Å². The Bertz CT molecular complexity index is 183. The molecule has 0 aromatic rings. The molecule has 2 nitrogen and oxygen atoms in total. The molecule has 0 spiro atoms. The molecule has 0 amide bonds. The first-order chi connectivity index (χ1) is 5.79. The molecule has 78 valence electrons. The summed E-state index contributed by atoms with van der Waals surface area (Å²) < 4.78 is 5.90. The Balaban J connectivity index is 2.88. The second kappa shape index (κ2) is 3.25. The lowest BCUT2D eigenvalue weighted by molar-refractivity contribution is -0.151. The number of hydrogen-bond donors (Lipinski definition) is 0. The first-order valence-electron chi connectivity index (χ1n) is 5.20. The van der Waals surface area contributed by atoms with Gasteiger partial charge in [-0.1, -0.05) is 20.8 Å². The first-order valence-corrected chi connectivity index (χ1v) is 5.20. The topological polar surface area (TPSA) is 12.5 Å². The summed E-state index contributed by atoms with van der Waals surface area (Å²) in [4.78, 5) is 2.45. The van der Waals surface area contributed by atoms with Crippen LogP contribution < -0.4 is 0 Å². The van der Waals surface area contributed by atoms with Crippen molar-refractivity contribution in [2.45, 2.75) is 53.3 Å². The van der Waals surface area contributed by atoms with Gasteiger partial charge >= 0.3 is 0 Å². The van der Waals surface area contributed by atoms with Gasteiger partial charge in [0.1, 0.15) is 5.72 Å². The second-order valence-corrected chi connectivity index (χ2v) is 5.37. The average molecular weight is 185 g/mol. The molecule has 0 aromatic carbocycles. The molecule has 0 bridgehead atoms. The molecular weight excluding hydrogens is 162 g/mol. The minimum absolute atomic E-state index is 0.0961. The van der Waals surface area contributed by atoms with Crippen molar-refractivity contribution in [2.24, 2.45) is 5.41 Å². The highest BCUT2D eigenvalue weighted by molar-refractivity contribution is 4.93. The first kappa shape index (κ1) is 11.0. The van der Waals surface area contributed by atoms with Crippen LogP contribution in [0.1, 0.15) is 41.5 Å². The third-order valence-corrected chi connectivity index (χ3v) is 3.28. The van der Waals surface area contributed by atoms with E-state index < -0.39 is 0 Å². The molecule has 1 saturated heterocycles. The smallest absolute Gasteiger partial charge is 0.124 e. The van der Waals surface area contributed by atoms with Crippen molar-refractivity contribution in [3.63, 3.8) is 0 Å². The van der Waals surface area contributed by atoms with Gasteiger partial charge in [-0.3, -0.25) is 4.90 Å². The van der Waals surface area contributed by atoms with Crippen LogP contribution in [0.2, 0.25) is 0 Å². The van der Waals surface area contributed by atoms with E-state index >= 15 is 0 Å². The quantitative estimate of drug-likeness (QED) is 0.622. The number of ether oxygens (including phenoxy) is 1. The van der Waals surface area contributed by atoms with Crippen molar-refractivity contribution in [1.29, 1.82) is 0 Å². The van der Waals surface area contributed by atoms with E-state index in [2.05, 4.69) is 46.4 Å². The molecule has 13 heavy (non-hydrogen) atoms. The molecule has 1 aliphatic heterocycles. The van der Waals surface area contributed by atoms with Gasteiger partial charge in [0, 0.05) is 18.0 Å². The van der Waals surface area contributed by atoms with Gasteiger partial charge < -0.3 is 4.74 Å². The Kier molecular flexibility index (Phi) is 2.75. The lowest BCUT2D eigenvalue weighted by atomic mass is 9.83. The third-order valence-electron chi connectivity index (χ3n) is 3.28. The zero-order chi connectivity index (χ0) is 10.3. The van der Waals surface area contributed by atoms with Crippen LogP contribution in [0.15, 0.2) is 0 Å². The molecule has 1 heterocycles. The SMILES string of the molecule is CC(C)N1CCOC1(C)C(C)(C)C. The maximum absolute atomic E-state index is 5.90. The molecule has 0 radical (unpaired) electrons. The molecule has 1 rings (SSSR count). The number of hydrogen-bond acceptors (Lipinski definition) is 2. The van der Waals surface area contributed by atoms with Crippen molar-refractivity contribution in [1.82, 2.24) is 4.90 Å². The summed E-state index contributed by atoms with van der Waals surface area (Å²) in [7, 11) is 0. The van der Waals surface area contributed by atoms with Crippen LogP contribution in [0.5, 0.6) is 0 Å². The van der Waals surface area contributed by atoms with E-state index in [0.29, 0.717) is 6.04 Å². The van der Waals surface area contributed by atoms with E-state index in [-0.39, 0.29) is 11.1 Å². The van der Waals surface area contributed by atoms with Gasteiger partial charge in [-0.05, 0) is 20.8 Å². The number of nitrogens with zero attached hydrogens (tertiary/aromatic N) is 1. The molecular formula is C11H23NO. The minimum Gasteiger partial charge on any atom is -0.359 e. The van der Waals surface area contributed by atoms with Gasteiger partial charge in [0.2, 0.25) is 0 Å². The van der Waals surface area contributed by atoms with Gasteiger partial charge in [-0.25, -0.2) is 0 Å². The van der Waals surface area contributed by atoms with Crippen molar-refractivity contribution >= 4 is 0 Å². The molecule has 1 aliphatic rings. The molecule has 1 fully saturated rings. The predicted octanol–water partition coefficient (Wildman–Crippen LogP) is 2.49.